The third kappa shape index (κ3) is 2.89. The van der Waals surface area contributed by atoms with Crippen LogP contribution < -0.4 is 34.0 Å². The Balaban J connectivity index is 0.00000169. The van der Waals surface area contributed by atoms with Crippen molar-refractivity contribution in [2.45, 2.75) is 0 Å². The average molecular weight is 447 g/mol. The smallest absolute Gasteiger partial charge is 0.262 e. The summed E-state index contributed by atoms with van der Waals surface area (Å²) in [5.74, 6) is 0. The molecule has 0 amide bonds. The van der Waals surface area contributed by atoms with Gasteiger partial charge in [-0.3, -0.25) is 4.79 Å². The van der Waals surface area contributed by atoms with Gasteiger partial charge in [-0.1, -0.05) is 35.6 Å². The van der Waals surface area contributed by atoms with Gasteiger partial charge < -0.3 is 28.4 Å². The first-order chi connectivity index (χ1) is 11.2. The predicted molar refractivity (Wildman–Crippen MR) is 94.4 cm³/mol. The van der Waals surface area contributed by atoms with Crippen molar-refractivity contribution in [3.8, 4) is 0 Å². The molecule has 2 aromatic carbocycles. The van der Waals surface area contributed by atoms with Gasteiger partial charge in [0.2, 0.25) is 5.52 Å². The molecule has 4 aromatic rings. The van der Waals surface area contributed by atoms with Gasteiger partial charge in [0.1, 0.15) is 23.6 Å². The number of aromatic nitrogens is 1. The number of rotatable bonds is 2. The average Bonchev–Trinajstić information content (AvgIpc) is 2.91. The van der Waals surface area contributed by atoms with Crippen LogP contribution in [0.2, 0.25) is 0 Å². The van der Waals surface area contributed by atoms with E-state index < -0.39 is 0 Å². The quantitative estimate of drug-likeness (QED) is 0.340. The number of thiazole rings is 1. The molecule has 0 spiro atoms. The minimum absolute atomic E-state index is 0. The van der Waals surface area contributed by atoms with Gasteiger partial charge in [-0.05, 0) is 24.3 Å². The van der Waals surface area contributed by atoms with E-state index in [1.54, 1.807) is 23.5 Å². The zero-order chi connectivity index (χ0) is 15.8. The standard InChI is InChI=1S/C19H14NO2S.HI/c1-20-15-7-3-5-9-17(15)23-18(20)11-10-13-12-22-16-8-4-2-6-14(16)19(13)21;/h2-12H,1H3;1H/q+1;/p-1/b11-10+;. The first-order valence-electron chi connectivity index (χ1n) is 7.30. The molecule has 0 saturated carbocycles. The molecule has 3 nitrogen and oxygen atoms in total. The Morgan fingerprint density at radius 2 is 1.79 bits per heavy atom. The first-order valence-corrected chi connectivity index (χ1v) is 8.12. The fourth-order valence-corrected chi connectivity index (χ4v) is 3.69. The molecule has 0 aliphatic carbocycles. The number of fused-ring (bicyclic) bond motifs is 2. The lowest BCUT2D eigenvalue weighted by Crippen LogP contribution is -3.00. The van der Waals surface area contributed by atoms with Gasteiger partial charge in [-0.25, -0.2) is 0 Å². The van der Waals surface area contributed by atoms with E-state index in [0.717, 1.165) is 5.01 Å². The topological polar surface area (TPSA) is 34.1 Å². The maximum absolute atomic E-state index is 12.5. The van der Waals surface area contributed by atoms with Gasteiger partial charge >= 0.3 is 0 Å². The molecule has 0 bridgehead atoms. The van der Waals surface area contributed by atoms with Crippen molar-refractivity contribution in [1.82, 2.24) is 0 Å². The molecule has 0 radical (unpaired) electrons. The van der Waals surface area contributed by atoms with Gasteiger partial charge in [-0.15, -0.1) is 0 Å². The van der Waals surface area contributed by atoms with Gasteiger partial charge in [0.15, 0.2) is 5.43 Å². The summed E-state index contributed by atoms with van der Waals surface area (Å²) in [7, 11) is 2.03. The summed E-state index contributed by atoms with van der Waals surface area (Å²) in [6, 6.07) is 15.5. The minimum atomic E-state index is -0.00753. The van der Waals surface area contributed by atoms with E-state index in [2.05, 4.69) is 16.7 Å². The molecule has 2 aromatic heterocycles. The van der Waals surface area contributed by atoms with Crippen LogP contribution in [-0.4, -0.2) is 0 Å². The van der Waals surface area contributed by atoms with E-state index in [9.17, 15) is 4.79 Å². The molecule has 0 fully saturated rings. The fourth-order valence-electron chi connectivity index (χ4n) is 2.64. The number of nitrogens with zero attached hydrogens (tertiary/aromatic N) is 1. The van der Waals surface area contributed by atoms with Crippen molar-refractivity contribution < 1.29 is 33.0 Å². The van der Waals surface area contributed by atoms with Gasteiger partial charge in [0.05, 0.1) is 10.9 Å². The summed E-state index contributed by atoms with van der Waals surface area (Å²) >= 11 is 1.70. The number of hydrogen-bond acceptors (Lipinski definition) is 3. The summed E-state index contributed by atoms with van der Waals surface area (Å²) in [5, 5.41) is 1.69. The first kappa shape index (κ1) is 16.9. The largest absolute Gasteiger partial charge is 1.00 e. The summed E-state index contributed by atoms with van der Waals surface area (Å²) in [5.41, 5.74) is 2.35. The Bertz CT molecular complexity index is 1110. The molecule has 24 heavy (non-hydrogen) atoms. The maximum atomic E-state index is 12.5. The highest BCUT2D eigenvalue weighted by Crippen LogP contribution is 2.21. The number of benzene rings is 2. The van der Waals surface area contributed by atoms with Gasteiger partial charge in [0, 0.05) is 12.1 Å². The molecule has 0 saturated heterocycles. The van der Waals surface area contributed by atoms with Crippen LogP contribution in [0.25, 0.3) is 33.3 Å². The third-order valence-corrected chi connectivity index (χ3v) is 5.07. The summed E-state index contributed by atoms with van der Waals surface area (Å²) in [6.07, 6.45) is 5.31. The Morgan fingerprint density at radius 1 is 1.04 bits per heavy atom. The lowest BCUT2D eigenvalue weighted by molar-refractivity contribution is -0.642. The maximum Gasteiger partial charge on any atom is 0.262 e. The SMILES string of the molecule is C[n+]1c(/C=C/c2coc3ccccc3c2=O)sc2ccccc21.[I-]. The van der Waals surface area contributed by atoms with Crippen LogP contribution in [0.4, 0.5) is 0 Å². The summed E-state index contributed by atoms with van der Waals surface area (Å²) in [6.45, 7) is 0. The van der Waals surface area contributed by atoms with Gasteiger partial charge in [0.25, 0.3) is 5.01 Å². The van der Waals surface area contributed by atoms with E-state index in [1.807, 2.05) is 43.5 Å². The number of aryl methyl sites for hydroxylation is 1. The lowest BCUT2D eigenvalue weighted by atomic mass is 10.1. The Kier molecular flexibility index (Phi) is 4.82. The van der Waals surface area contributed by atoms with E-state index in [0.29, 0.717) is 16.5 Å². The van der Waals surface area contributed by atoms with Crippen molar-refractivity contribution in [3.63, 3.8) is 0 Å². The molecular formula is C19H14INO2S. The second kappa shape index (κ2) is 6.86. The van der Waals surface area contributed by atoms with Crippen LogP contribution in [0.5, 0.6) is 0 Å². The highest BCUT2D eigenvalue weighted by Gasteiger charge is 2.13. The van der Waals surface area contributed by atoms with E-state index >= 15 is 0 Å². The van der Waals surface area contributed by atoms with E-state index in [-0.39, 0.29) is 29.4 Å². The van der Waals surface area contributed by atoms with Crippen LogP contribution >= 0.6 is 11.3 Å². The van der Waals surface area contributed by atoms with E-state index in [1.165, 1.54) is 16.5 Å². The monoisotopic (exact) mass is 447 g/mol. The molecule has 0 N–H and O–H groups in total. The predicted octanol–water partition coefficient (Wildman–Crippen LogP) is 1.01. The lowest BCUT2D eigenvalue weighted by Gasteiger charge is -1.97. The fraction of sp³-hybridized carbons (Fsp3) is 0.0526. The van der Waals surface area contributed by atoms with Crippen molar-refractivity contribution >= 4 is 44.7 Å². The summed E-state index contributed by atoms with van der Waals surface area (Å²) < 4.78 is 8.89. The second-order valence-electron chi connectivity index (χ2n) is 5.32. The summed E-state index contributed by atoms with van der Waals surface area (Å²) in [4.78, 5) is 12.5. The molecule has 120 valence electrons. The number of hydrogen-bond donors (Lipinski definition) is 0. The Morgan fingerprint density at radius 3 is 2.62 bits per heavy atom. The Labute approximate surface area is 159 Å². The van der Waals surface area contributed by atoms with Crippen LogP contribution in [-0.2, 0) is 7.05 Å². The zero-order valence-electron chi connectivity index (χ0n) is 12.9. The molecule has 4 rings (SSSR count). The zero-order valence-corrected chi connectivity index (χ0v) is 15.9. The normalized spacial score (nSPS) is 11.2. The van der Waals surface area contributed by atoms with Crippen LogP contribution in [0.15, 0.2) is 64.0 Å². The third-order valence-electron chi connectivity index (χ3n) is 3.88. The molecule has 0 unspecified atom stereocenters. The van der Waals surface area contributed by atoms with Crippen LogP contribution in [0, 0.1) is 0 Å². The molecule has 0 aliphatic heterocycles. The molecule has 5 heteroatoms. The number of para-hydroxylation sites is 2. The molecule has 2 heterocycles. The minimum Gasteiger partial charge on any atom is -1.00 e. The highest BCUT2D eigenvalue weighted by molar-refractivity contribution is 7.18. The van der Waals surface area contributed by atoms with E-state index in [4.69, 9.17) is 4.42 Å². The van der Waals surface area contributed by atoms with Crippen molar-refractivity contribution in [3.05, 3.63) is 75.6 Å². The van der Waals surface area contributed by atoms with Crippen molar-refractivity contribution in [2.24, 2.45) is 7.05 Å². The second-order valence-corrected chi connectivity index (χ2v) is 6.38. The number of halogens is 1. The highest BCUT2D eigenvalue weighted by atomic mass is 127. The van der Waals surface area contributed by atoms with Crippen molar-refractivity contribution in [2.75, 3.05) is 0 Å². The van der Waals surface area contributed by atoms with Crippen molar-refractivity contribution in [1.29, 1.82) is 0 Å². The molecule has 0 aliphatic rings. The van der Waals surface area contributed by atoms with Crippen LogP contribution in [0.1, 0.15) is 10.6 Å². The molecular weight excluding hydrogens is 433 g/mol. The van der Waals surface area contributed by atoms with Gasteiger partial charge in [-0.2, -0.15) is 4.57 Å². The van der Waals surface area contributed by atoms with Crippen LogP contribution in [0.3, 0.4) is 0 Å². The Hall–Kier alpha value is -1.99. The molecule has 0 atom stereocenters.